The Morgan fingerprint density at radius 2 is 1.78 bits per heavy atom. The van der Waals surface area contributed by atoms with Crippen LogP contribution in [0.3, 0.4) is 0 Å². The third-order valence-corrected chi connectivity index (χ3v) is 8.21. The van der Waals surface area contributed by atoms with Crippen molar-refractivity contribution in [1.82, 2.24) is 9.88 Å². The second-order valence-corrected chi connectivity index (χ2v) is 13.1. The van der Waals surface area contributed by atoms with Gasteiger partial charge in [-0.05, 0) is 117 Å². The molecule has 2 saturated heterocycles. The van der Waals surface area contributed by atoms with Crippen molar-refractivity contribution in [3.8, 4) is 17.5 Å². The summed E-state index contributed by atoms with van der Waals surface area (Å²) >= 11 is 0. The molecule has 41 heavy (non-hydrogen) atoms. The molecule has 3 heterocycles. The van der Waals surface area contributed by atoms with Crippen LogP contribution >= 0.6 is 0 Å². The lowest BCUT2D eigenvalue weighted by Gasteiger charge is -2.32. The molecule has 0 N–H and O–H groups in total. The van der Waals surface area contributed by atoms with Crippen LogP contribution in [0.1, 0.15) is 78.0 Å². The van der Waals surface area contributed by atoms with Crippen LogP contribution in [0.15, 0.2) is 34.7 Å². The van der Waals surface area contributed by atoms with Gasteiger partial charge in [-0.1, -0.05) is 6.07 Å². The minimum atomic E-state index is -0.518. The Morgan fingerprint density at radius 3 is 2.39 bits per heavy atom. The van der Waals surface area contributed by atoms with Gasteiger partial charge in [0.15, 0.2) is 5.58 Å². The summed E-state index contributed by atoms with van der Waals surface area (Å²) in [5.74, 6) is 0.243. The van der Waals surface area contributed by atoms with Gasteiger partial charge in [0.2, 0.25) is 5.89 Å². The van der Waals surface area contributed by atoms with Crippen molar-refractivity contribution in [2.45, 2.75) is 91.6 Å². The van der Waals surface area contributed by atoms with Crippen LogP contribution in [0.4, 0.5) is 5.69 Å². The third-order valence-electron chi connectivity index (χ3n) is 8.21. The van der Waals surface area contributed by atoms with Gasteiger partial charge in [-0.15, -0.1) is 5.23 Å². The SMILES string of the molecule is Cc1c(-c2nc3cc(CN4CCC(C(=O)OC(C)(C)C)CC4)cc(C#N)c3o2)cccc1N1OC(C)(C)C(C)(C)O1. The predicted molar refractivity (Wildman–Crippen MR) is 156 cm³/mol. The van der Waals surface area contributed by atoms with Gasteiger partial charge in [0.1, 0.15) is 28.4 Å². The molecule has 0 amide bonds. The Morgan fingerprint density at radius 1 is 1.12 bits per heavy atom. The Hall–Kier alpha value is -3.45. The number of rotatable bonds is 5. The monoisotopic (exact) mass is 560 g/mol. The normalized spacial score (nSPS) is 19.4. The number of anilines is 1. The van der Waals surface area contributed by atoms with Crippen LogP contribution in [0.5, 0.6) is 0 Å². The van der Waals surface area contributed by atoms with Crippen LogP contribution in [-0.4, -0.2) is 45.7 Å². The third kappa shape index (κ3) is 5.82. The molecule has 9 nitrogen and oxygen atoms in total. The van der Waals surface area contributed by atoms with Crippen LogP contribution in [0.25, 0.3) is 22.6 Å². The second kappa shape index (κ2) is 10.4. The fourth-order valence-electron chi connectivity index (χ4n) is 5.15. The van der Waals surface area contributed by atoms with E-state index in [9.17, 15) is 10.1 Å². The maximum Gasteiger partial charge on any atom is 0.309 e. The average molecular weight is 561 g/mol. The van der Waals surface area contributed by atoms with E-state index in [1.807, 2.05) is 85.7 Å². The molecule has 218 valence electrons. The zero-order chi connectivity index (χ0) is 29.7. The summed E-state index contributed by atoms with van der Waals surface area (Å²) in [5, 5.41) is 11.4. The maximum atomic E-state index is 12.5. The fourth-order valence-corrected chi connectivity index (χ4v) is 5.15. The highest BCUT2D eigenvalue weighted by Crippen LogP contribution is 2.42. The Bertz CT molecular complexity index is 1490. The number of aromatic nitrogens is 1. The Kier molecular flexibility index (Phi) is 7.39. The summed E-state index contributed by atoms with van der Waals surface area (Å²) in [6.45, 7) is 17.9. The van der Waals surface area contributed by atoms with E-state index >= 15 is 0 Å². The van der Waals surface area contributed by atoms with Crippen LogP contribution in [0.2, 0.25) is 0 Å². The van der Waals surface area contributed by atoms with E-state index in [-0.39, 0.29) is 11.9 Å². The summed E-state index contributed by atoms with van der Waals surface area (Å²) in [5.41, 5.74) is 3.47. The molecule has 5 rings (SSSR count). The molecule has 2 aliphatic rings. The number of esters is 1. The summed E-state index contributed by atoms with van der Waals surface area (Å²) in [7, 11) is 0. The van der Waals surface area contributed by atoms with E-state index in [4.69, 9.17) is 23.8 Å². The molecule has 0 radical (unpaired) electrons. The van der Waals surface area contributed by atoms with E-state index in [1.165, 1.54) is 5.23 Å². The zero-order valence-corrected chi connectivity index (χ0v) is 25.3. The number of benzene rings is 2. The van der Waals surface area contributed by atoms with Crippen molar-refractivity contribution in [3.05, 3.63) is 47.0 Å². The van der Waals surface area contributed by atoms with Crippen LogP contribution in [0, 0.1) is 24.2 Å². The second-order valence-electron chi connectivity index (χ2n) is 13.1. The number of nitrogens with zero attached hydrogens (tertiary/aromatic N) is 4. The molecule has 0 bridgehead atoms. The molecule has 0 saturated carbocycles. The van der Waals surface area contributed by atoms with Crippen LogP contribution < -0.4 is 5.23 Å². The number of ether oxygens (including phenoxy) is 1. The lowest BCUT2D eigenvalue weighted by atomic mass is 9.90. The number of carbonyl (C=O) groups excluding carboxylic acids is 1. The fraction of sp³-hybridized carbons (Fsp3) is 0.531. The summed E-state index contributed by atoms with van der Waals surface area (Å²) in [6, 6.07) is 11.9. The number of oxazole rings is 1. The predicted octanol–water partition coefficient (Wildman–Crippen LogP) is 6.47. The minimum absolute atomic E-state index is 0.0757. The molecule has 0 spiro atoms. The molecule has 1 aromatic heterocycles. The minimum Gasteiger partial charge on any atom is -0.460 e. The highest BCUT2D eigenvalue weighted by atomic mass is 17.0. The number of hydrogen-bond donors (Lipinski definition) is 0. The first kappa shape index (κ1) is 29.1. The van der Waals surface area contributed by atoms with Gasteiger partial charge < -0.3 is 9.15 Å². The van der Waals surface area contributed by atoms with Crippen molar-refractivity contribution in [2.24, 2.45) is 5.92 Å². The summed E-state index contributed by atoms with van der Waals surface area (Å²) in [4.78, 5) is 31.9. The number of hydrogen-bond acceptors (Lipinski definition) is 9. The smallest absolute Gasteiger partial charge is 0.309 e. The largest absolute Gasteiger partial charge is 0.460 e. The first-order chi connectivity index (χ1) is 19.2. The van der Waals surface area contributed by atoms with Gasteiger partial charge in [0, 0.05) is 12.1 Å². The van der Waals surface area contributed by atoms with Crippen LogP contribution in [-0.2, 0) is 25.8 Å². The highest BCUT2D eigenvalue weighted by Gasteiger charge is 2.50. The average Bonchev–Trinajstić information content (AvgIpc) is 3.39. The molecule has 2 aliphatic heterocycles. The molecular formula is C32H40N4O5. The molecular weight excluding hydrogens is 520 g/mol. The van der Waals surface area contributed by atoms with E-state index in [0.717, 1.165) is 48.3 Å². The number of likely N-dealkylation sites (tertiary alicyclic amines) is 1. The van der Waals surface area contributed by atoms with Crippen molar-refractivity contribution in [3.63, 3.8) is 0 Å². The molecule has 9 heteroatoms. The van der Waals surface area contributed by atoms with Gasteiger partial charge in [-0.2, -0.15) is 5.26 Å². The summed E-state index contributed by atoms with van der Waals surface area (Å²) in [6.07, 6.45) is 1.51. The van der Waals surface area contributed by atoms with E-state index < -0.39 is 16.8 Å². The topological polar surface area (TPSA) is 101 Å². The van der Waals surface area contributed by atoms with Gasteiger partial charge in [-0.25, -0.2) is 14.7 Å². The molecule has 0 unspecified atom stereocenters. The first-order valence-electron chi connectivity index (χ1n) is 14.2. The Labute approximate surface area is 241 Å². The van der Waals surface area contributed by atoms with Crippen molar-refractivity contribution < 1.29 is 23.6 Å². The van der Waals surface area contributed by atoms with E-state index in [0.29, 0.717) is 29.1 Å². The van der Waals surface area contributed by atoms with Crippen molar-refractivity contribution in [2.75, 3.05) is 18.3 Å². The molecule has 2 fully saturated rings. The van der Waals surface area contributed by atoms with Gasteiger partial charge >= 0.3 is 5.97 Å². The zero-order valence-electron chi connectivity index (χ0n) is 25.3. The number of carbonyl (C=O) groups is 1. The van der Waals surface area contributed by atoms with E-state index in [2.05, 4.69) is 11.0 Å². The van der Waals surface area contributed by atoms with Crippen molar-refractivity contribution >= 4 is 22.8 Å². The molecule has 0 aliphatic carbocycles. The van der Waals surface area contributed by atoms with Gasteiger partial charge in [0.05, 0.1) is 17.2 Å². The quantitative estimate of drug-likeness (QED) is 0.325. The van der Waals surface area contributed by atoms with Gasteiger partial charge in [-0.3, -0.25) is 9.69 Å². The molecule has 2 aromatic carbocycles. The lowest BCUT2D eigenvalue weighted by molar-refractivity contribution is -0.161. The Balaban J connectivity index is 1.35. The standard InChI is InChI=1S/C32H40N4O5/c1-20-24(10-9-11-26(20)36-40-31(5,6)32(7,8)41-36)28-34-25-17-21(16-23(18-33)27(25)38-28)19-35-14-12-22(13-15-35)29(37)39-30(2,3)4/h9-11,16-17,22H,12-15,19H2,1-8H3. The van der Waals surface area contributed by atoms with Crippen molar-refractivity contribution in [1.29, 1.82) is 5.26 Å². The number of fused-ring (bicyclic) bond motifs is 1. The molecule has 3 aromatic rings. The number of piperidine rings is 1. The van der Waals surface area contributed by atoms with Gasteiger partial charge in [0.25, 0.3) is 0 Å². The lowest BCUT2D eigenvalue weighted by Crippen LogP contribution is -2.41. The van der Waals surface area contributed by atoms with E-state index in [1.54, 1.807) is 0 Å². The number of nitriles is 1. The molecule has 0 atom stereocenters. The summed E-state index contributed by atoms with van der Waals surface area (Å²) < 4.78 is 11.8. The maximum absolute atomic E-state index is 12.5. The first-order valence-corrected chi connectivity index (χ1v) is 14.2. The highest BCUT2D eigenvalue weighted by molar-refractivity contribution is 5.83.